The number of fused-ring (bicyclic) bond motifs is 1. The zero-order valence-corrected chi connectivity index (χ0v) is 9.71. The van der Waals surface area contributed by atoms with Crippen LogP contribution in [0, 0.1) is 0 Å². The van der Waals surface area contributed by atoms with Crippen molar-refractivity contribution in [3.63, 3.8) is 0 Å². The zero-order valence-electron chi connectivity index (χ0n) is 6.55. The number of halogens is 2. The van der Waals surface area contributed by atoms with Crippen molar-refractivity contribution < 1.29 is 0 Å². The Balaban J connectivity index is 2.75. The van der Waals surface area contributed by atoms with E-state index in [1.54, 1.807) is 11.3 Å². The smallest absolute Gasteiger partial charge is 0.107 e. The van der Waals surface area contributed by atoms with Crippen LogP contribution in [-0.4, -0.2) is 4.98 Å². The molecule has 0 atom stereocenters. The molecule has 0 saturated carbocycles. The van der Waals surface area contributed by atoms with Crippen molar-refractivity contribution in [3.05, 3.63) is 26.6 Å². The molecule has 0 amide bonds. The van der Waals surface area contributed by atoms with Crippen LogP contribution in [0.5, 0.6) is 0 Å². The number of thiazole rings is 1. The minimum Gasteiger partial charge on any atom is -0.325 e. The molecule has 0 bridgehead atoms. The molecular weight excluding hydrogens is 272 g/mol. The molecule has 0 aliphatic rings. The van der Waals surface area contributed by atoms with Crippen molar-refractivity contribution in [2.24, 2.45) is 5.73 Å². The first-order valence-corrected chi connectivity index (χ1v) is 5.64. The summed E-state index contributed by atoms with van der Waals surface area (Å²) in [4.78, 5) is 4.36. The van der Waals surface area contributed by atoms with E-state index in [9.17, 15) is 0 Å². The van der Waals surface area contributed by atoms with Gasteiger partial charge in [0.1, 0.15) is 5.01 Å². The molecule has 5 heteroatoms. The maximum atomic E-state index is 5.89. The SMILES string of the molecule is NCc1nc2c(Br)cc(Cl)cc2s1. The summed E-state index contributed by atoms with van der Waals surface area (Å²) >= 11 is 10.9. The molecule has 1 aromatic heterocycles. The second kappa shape index (κ2) is 3.53. The van der Waals surface area contributed by atoms with Crippen LogP contribution in [0.15, 0.2) is 16.6 Å². The van der Waals surface area contributed by atoms with E-state index in [-0.39, 0.29) is 0 Å². The first kappa shape index (κ1) is 9.40. The summed E-state index contributed by atoms with van der Waals surface area (Å²) in [5.74, 6) is 0. The fourth-order valence-electron chi connectivity index (χ4n) is 1.09. The van der Waals surface area contributed by atoms with Crippen LogP contribution in [0.25, 0.3) is 10.2 Å². The number of benzene rings is 1. The van der Waals surface area contributed by atoms with Gasteiger partial charge in [0.2, 0.25) is 0 Å². The molecule has 1 aromatic carbocycles. The van der Waals surface area contributed by atoms with E-state index in [1.165, 1.54) is 0 Å². The predicted molar refractivity (Wildman–Crippen MR) is 60.2 cm³/mol. The molecular formula is C8H6BrClN2S. The molecule has 0 unspecified atom stereocenters. The number of rotatable bonds is 1. The lowest BCUT2D eigenvalue weighted by Crippen LogP contribution is -1.93. The fraction of sp³-hybridized carbons (Fsp3) is 0.125. The van der Waals surface area contributed by atoms with Crippen LogP contribution in [0.3, 0.4) is 0 Å². The van der Waals surface area contributed by atoms with Gasteiger partial charge in [-0.15, -0.1) is 11.3 Å². The van der Waals surface area contributed by atoms with Crippen molar-refractivity contribution in [2.45, 2.75) is 6.54 Å². The van der Waals surface area contributed by atoms with Gasteiger partial charge in [0.05, 0.1) is 10.2 Å². The lowest BCUT2D eigenvalue weighted by atomic mass is 10.3. The van der Waals surface area contributed by atoms with Gasteiger partial charge >= 0.3 is 0 Å². The molecule has 2 N–H and O–H groups in total. The Morgan fingerprint density at radius 3 is 3.00 bits per heavy atom. The normalized spacial score (nSPS) is 11.0. The molecule has 0 radical (unpaired) electrons. The van der Waals surface area contributed by atoms with Crippen LogP contribution in [0.1, 0.15) is 5.01 Å². The summed E-state index contributed by atoms with van der Waals surface area (Å²) in [5.41, 5.74) is 6.44. The van der Waals surface area contributed by atoms with Gasteiger partial charge in [0, 0.05) is 16.0 Å². The number of hydrogen-bond donors (Lipinski definition) is 1. The second-order valence-electron chi connectivity index (χ2n) is 2.55. The van der Waals surface area contributed by atoms with Gasteiger partial charge in [-0.25, -0.2) is 4.98 Å². The number of hydrogen-bond acceptors (Lipinski definition) is 3. The first-order valence-electron chi connectivity index (χ1n) is 3.65. The maximum absolute atomic E-state index is 5.89. The minimum absolute atomic E-state index is 0.476. The van der Waals surface area contributed by atoms with Crippen molar-refractivity contribution in [3.8, 4) is 0 Å². The lowest BCUT2D eigenvalue weighted by Gasteiger charge is -1.92. The van der Waals surface area contributed by atoms with Crippen LogP contribution in [-0.2, 0) is 6.54 Å². The minimum atomic E-state index is 0.476. The summed E-state index contributed by atoms with van der Waals surface area (Å²) in [6.45, 7) is 0.476. The zero-order chi connectivity index (χ0) is 9.42. The Morgan fingerprint density at radius 1 is 1.54 bits per heavy atom. The molecule has 2 aromatic rings. The van der Waals surface area contributed by atoms with E-state index in [2.05, 4.69) is 20.9 Å². The lowest BCUT2D eigenvalue weighted by molar-refractivity contribution is 1.05. The molecule has 13 heavy (non-hydrogen) atoms. The third-order valence-electron chi connectivity index (χ3n) is 1.63. The van der Waals surface area contributed by atoms with E-state index in [0.717, 1.165) is 19.7 Å². The largest absolute Gasteiger partial charge is 0.325 e. The van der Waals surface area contributed by atoms with Crippen LogP contribution in [0.2, 0.25) is 5.02 Å². The van der Waals surface area contributed by atoms with Crippen molar-refractivity contribution in [2.75, 3.05) is 0 Å². The topological polar surface area (TPSA) is 38.9 Å². The van der Waals surface area contributed by atoms with E-state index >= 15 is 0 Å². The van der Waals surface area contributed by atoms with Gasteiger partial charge in [0.25, 0.3) is 0 Å². The second-order valence-corrected chi connectivity index (χ2v) is 4.95. The van der Waals surface area contributed by atoms with Crippen LogP contribution < -0.4 is 5.73 Å². The highest BCUT2D eigenvalue weighted by atomic mass is 79.9. The summed E-state index contributed by atoms with van der Waals surface area (Å²) < 4.78 is 1.99. The van der Waals surface area contributed by atoms with Gasteiger partial charge in [-0.3, -0.25) is 0 Å². The third-order valence-corrected chi connectivity index (χ3v) is 3.48. The average Bonchev–Trinajstić information content (AvgIpc) is 2.47. The summed E-state index contributed by atoms with van der Waals surface area (Å²) in [6.07, 6.45) is 0. The van der Waals surface area contributed by atoms with E-state index in [1.807, 2.05) is 12.1 Å². The van der Waals surface area contributed by atoms with Gasteiger partial charge in [-0.2, -0.15) is 0 Å². The van der Waals surface area contributed by atoms with Gasteiger partial charge in [-0.05, 0) is 28.1 Å². The molecule has 2 rings (SSSR count). The molecule has 0 spiro atoms. The number of nitrogens with zero attached hydrogens (tertiary/aromatic N) is 1. The van der Waals surface area contributed by atoms with Crippen LogP contribution >= 0.6 is 38.9 Å². The Hall–Kier alpha value is -0.160. The third kappa shape index (κ3) is 1.72. The van der Waals surface area contributed by atoms with Crippen molar-refractivity contribution in [1.82, 2.24) is 4.98 Å². The highest BCUT2D eigenvalue weighted by Crippen LogP contribution is 2.31. The Bertz CT molecular complexity index is 455. The van der Waals surface area contributed by atoms with Crippen molar-refractivity contribution in [1.29, 1.82) is 0 Å². The summed E-state index contributed by atoms with van der Waals surface area (Å²) in [6, 6.07) is 3.74. The average molecular weight is 278 g/mol. The van der Waals surface area contributed by atoms with E-state index < -0.39 is 0 Å². The maximum Gasteiger partial charge on any atom is 0.107 e. The molecule has 0 fully saturated rings. The highest BCUT2D eigenvalue weighted by molar-refractivity contribution is 9.10. The molecule has 2 nitrogen and oxygen atoms in total. The quantitative estimate of drug-likeness (QED) is 0.869. The molecule has 1 heterocycles. The standard InChI is InChI=1S/C8H6BrClN2S/c9-5-1-4(10)2-6-8(5)12-7(3-11)13-6/h1-2H,3,11H2. The summed E-state index contributed by atoms with van der Waals surface area (Å²) in [7, 11) is 0. The molecule has 0 saturated heterocycles. The van der Waals surface area contributed by atoms with Crippen molar-refractivity contribution >= 4 is 49.1 Å². The van der Waals surface area contributed by atoms with E-state index in [0.29, 0.717) is 11.6 Å². The highest BCUT2D eigenvalue weighted by Gasteiger charge is 2.06. The van der Waals surface area contributed by atoms with Gasteiger partial charge in [0.15, 0.2) is 0 Å². The predicted octanol–water partition coefficient (Wildman–Crippen LogP) is 3.17. The first-order chi connectivity index (χ1) is 6.20. The van der Waals surface area contributed by atoms with E-state index in [4.69, 9.17) is 17.3 Å². The molecule has 0 aliphatic heterocycles. The Morgan fingerprint density at radius 2 is 2.31 bits per heavy atom. The van der Waals surface area contributed by atoms with Gasteiger partial charge in [-0.1, -0.05) is 11.6 Å². The summed E-state index contributed by atoms with van der Waals surface area (Å²) in [5, 5.41) is 1.64. The van der Waals surface area contributed by atoms with Gasteiger partial charge < -0.3 is 5.73 Å². The Labute approximate surface area is 92.8 Å². The monoisotopic (exact) mass is 276 g/mol. The number of nitrogens with two attached hydrogens (primary N) is 1. The molecule has 0 aliphatic carbocycles. The number of aromatic nitrogens is 1. The molecule has 68 valence electrons. The fourth-order valence-corrected chi connectivity index (χ4v) is 3.10. The Kier molecular flexibility index (Phi) is 2.55. The van der Waals surface area contributed by atoms with Crippen LogP contribution in [0.4, 0.5) is 0 Å².